The van der Waals surface area contributed by atoms with Crippen LogP contribution in [0.4, 0.5) is 0 Å². The van der Waals surface area contributed by atoms with Crippen LogP contribution < -0.4 is 10.5 Å². The molecule has 2 aromatic carbocycles. The van der Waals surface area contributed by atoms with Gasteiger partial charge in [0.05, 0.1) is 6.61 Å². The van der Waals surface area contributed by atoms with Crippen LogP contribution in [0.5, 0.6) is 5.75 Å². The van der Waals surface area contributed by atoms with E-state index in [0.29, 0.717) is 6.54 Å². The summed E-state index contributed by atoms with van der Waals surface area (Å²) in [5.74, 6) is 0.948. The van der Waals surface area contributed by atoms with Gasteiger partial charge in [0.2, 0.25) is 0 Å². The third kappa shape index (κ3) is 4.11. The quantitative estimate of drug-likeness (QED) is 0.857. The van der Waals surface area contributed by atoms with Gasteiger partial charge in [-0.15, -0.1) is 0 Å². The van der Waals surface area contributed by atoms with Crippen LogP contribution in [0.3, 0.4) is 0 Å². The first-order valence-corrected chi connectivity index (χ1v) is 6.81. The van der Waals surface area contributed by atoms with Crippen molar-refractivity contribution in [2.24, 2.45) is 5.73 Å². The minimum atomic E-state index is 0.601. The van der Waals surface area contributed by atoms with Gasteiger partial charge in [0.25, 0.3) is 0 Å². The first kappa shape index (κ1) is 13.6. The van der Waals surface area contributed by atoms with Crippen molar-refractivity contribution in [3.63, 3.8) is 0 Å². The van der Waals surface area contributed by atoms with Crippen molar-refractivity contribution in [1.29, 1.82) is 0 Å². The molecule has 0 fully saturated rings. The van der Waals surface area contributed by atoms with Crippen LogP contribution in [0.15, 0.2) is 48.5 Å². The Kier molecular flexibility index (Phi) is 4.99. The second kappa shape index (κ2) is 6.95. The van der Waals surface area contributed by atoms with Crippen LogP contribution in [0.1, 0.15) is 30.0 Å². The summed E-state index contributed by atoms with van der Waals surface area (Å²) >= 11 is 0. The molecule has 0 aliphatic heterocycles. The lowest BCUT2D eigenvalue weighted by Gasteiger charge is -2.06. The molecule has 0 aromatic heterocycles. The zero-order valence-corrected chi connectivity index (χ0v) is 11.4. The first-order valence-electron chi connectivity index (χ1n) is 6.81. The van der Waals surface area contributed by atoms with Gasteiger partial charge in [-0.3, -0.25) is 0 Å². The van der Waals surface area contributed by atoms with E-state index in [-0.39, 0.29) is 0 Å². The van der Waals surface area contributed by atoms with Crippen LogP contribution >= 0.6 is 0 Å². The molecule has 2 N–H and O–H groups in total. The van der Waals surface area contributed by atoms with Crippen LogP contribution in [-0.2, 0) is 13.0 Å². The number of hydrogen-bond donors (Lipinski definition) is 1. The molecule has 0 bridgehead atoms. The summed E-state index contributed by atoms with van der Waals surface area (Å²) in [6, 6.07) is 16.8. The second-order valence-corrected chi connectivity index (χ2v) is 4.69. The zero-order valence-electron chi connectivity index (χ0n) is 11.4. The highest BCUT2D eigenvalue weighted by Crippen LogP contribution is 2.16. The van der Waals surface area contributed by atoms with E-state index < -0.39 is 0 Å². The predicted molar refractivity (Wildman–Crippen MR) is 79.4 cm³/mol. The highest BCUT2D eigenvalue weighted by atomic mass is 16.5. The summed E-state index contributed by atoms with van der Waals surface area (Å²) in [5.41, 5.74) is 9.37. The highest BCUT2D eigenvalue weighted by Gasteiger charge is 1.98. The fraction of sp³-hybridized carbons (Fsp3) is 0.294. The van der Waals surface area contributed by atoms with E-state index >= 15 is 0 Å². The van der Waals surface area contributed by atoms with Crippen molar-refractivity contribution >= 4 is 0 Å². The van der Waals surface area contributed by atoms with Crippen molar-refractivity contribution < 1.29 is 4.74 Å². The average Bonchev–Trinajstić information content (AvgIpc) is 2.47. The van der Waals surface area contributed by atoms with Crippen LogP contribution in [-0.4, -0.2) is 6.61 Å². The van der Waals surface area contributed by atoms with Crippen molar-refractivity contribution in [3.05, 3.63) is 65.2 Å². The van der Waals surface area contributed by atoms with E-state index in [0.717, 1.165) is 25.2 Å². The second-order valence-electron chi connectivity index (χ2n) is 4.69. The molecular formula is C17H21NO. The molecule has 0 saturated carbocycles. The van der Waals surface area contributed by atoms with Gasteiger partial charge in [0.15, 0.2) is 0 Å². The zero-order chi connectivity index (χ0) is 13.5. The molecule has 0 atom stereocenters. The van der Waals surface area contributed by atoms with Crippen LogP contribution in [0, 0.1) is 0 Å². The molecule has 2 aromatic rings. The summed E-state index contributed by atoms with van der Waals surface area (Å²) in [6.45, 7) is 3.49. The van der Waals surface area contributed by atoms with Crippen molar-refractivity contribution in [3.8, 4) is 5.75 Å². The predicted octanol–water partition coefficient (Wildman–Crippen LogP) is 3.52. The number of ether oxygens (including phenoxy) is 1. The molecule has 0 radical (unpaired) electrons. The van der Waals surface area contributed by atoms with Gasteiger partial charge in [-0.2, -0.15) is 0 Å². The molecular weight excluding hydrogens is 234 g/mol. The number of rotatable bonds is 6. The average molecular weight is 255 g/mol. The highest BCUT2D eigenvalue weighted by molar-refractivity contribution is 5.32. The van der Waals surface area contributed by atoms with E-state index in [1.165, 1.54) is 16.7 Å². The Balaban J connectivity index is 1.98. The molecule has 0 amide bonds. The summed E-state index contributed by atoms with van der Waals surface area (Å²) in [6.07, 6.45) is 1.98. The first-order chi connectivity index (χ1) is 9.31. The normalized spacial score (nSPS) is 10.4. The number of nitrogens with two attached hydrogens (primary N) is 1. The minimum Gasteiger partial charge on any atom is -0.494 e. The lowest BCUT2D eigenvalue weighted by atomic mass is 10.0. The number of benzene rings is 2. The summed E-state index contributed by atoms with van der Waals surface area (Å²) < 4.78 is 5.58. The monoisotopic (exact) mass is 255 g/mol. The van der Waals surface area contributed by atoms with E-state index in [4.69, 9.17) is 10.5 Å². The van der Waals surface area contributed by atoms with Gasteiger partial charge in [0, 0.05) is 6.54 Å². The van der Waals surface area contributed by atoms with E-state index in [1.807, 2.05) is 12.1 Å². The largest absolute Gasteiger partial charge is 0.494 e. The Morgan fingerprint density at radius 1 is 0.842 bits per heavy atom. The van der Waals surface area contributed by atoms with Gasteiger partial charge in [-0.25, -0.2) is 0 Å². The van der Waals surface area contributed by atoms with E-state index in [2.05, 4.69) is 43.3 Å². The summed E-state index contributed by atoms with van der Waals surface area (Å²) in [7, 11) is 0. The smallest absolute Gasteiger partial charge is 0.119 e. The van der Waals surface area contributed by atoms with Crippen LogP contribution in [0.2, 0.25) is 0 Å². The maximum Gasteiger partial charge on any atom is 0.119 e. The third-order valence-electron chi connectivity index (χ3n) is 3.06. The molecule has 0 spiro atoms. The van der Waals surface area contributed by atoms with Gasteiger partial charge < -0.3 is 10.5 Å². The summed E-state index contributed by atoms with van der Waals surface area (Å²) in [4.78, 5) is 0. The molecule has 0 heterocycles. The fourth-order valence-electron chi connectivity index (χ4n) is 1.95. The number of hydrogen-bond acceptors (Lipinski definition) is 2. The van der Waals surface area contributed by atoms with Crippen LogP contribution in [0.25, 0.3) is 0 Å². The lowest BCUT2D eigenvalue weighted by Crippen LogP contribution is -1.97. The standard InChI is InChI=1S/C17H21NO/c1-2-11-19-17-9-7-15(8-10-17)12-14-3-5-16(13-18)6-4-14/h3-10H,2,11-13,18H2,1H3. The topological polar surface area (TPSA) is 35.2 Å². The summed E-state index contributed by atoms with van der Waals surface area (Å²) in [5, 5.41) is 0. The minimum absolute atomic E-state index is 0.601. The molecule has 19 heavy (non-hydrogen) atoms. The van der Waals surface area contributed by atoms with E-state index in [9.17, 15) is 0 Å². The Bertz CT molecular complexity index is 488. The molecule has 100 valence electrons. The van der Waals surface area contributed by atoms with Crippen molar-refractivity contribution in [1.82, 2.24) is 0 Å². The van der Waals surface area contributed by atoms with Crippen molar-refractivity contribution in [2.45, 2.75) is 26.3 Å². The molecule has 0 aliphatic carbocycles. The van der Waals surface area contributed by atoms with Gasteiger partial charge in [-0.05, 0) is 41.7 Å². The van der Waals surface area contributed by atoms with Gasteiger partial charge >= 0.3 is 0 Å². The van der Waals surface area contributed by atoms with Gasteiger partial charge in [-0.1, -0.05) is 43.3 Å². The Morgan fingerprint density at radius 3 is 1.89 bits per heavy atom. The maximum atomic E-state index is 5.60. The molecule has 0 saturated heterocycles. The fourth-order valence-corrected chi connectivity index (χ4v) is 1.95. The molecule has 2 rings (SSSR count). The Morgan fingerprint density at radius 2 is 1.37 bits per heavy atom. The lowest BCUT2D eigenvalue weighted by molar-refractivity contribution is 0.317. The molecule has 0 unspecified atom stereocenters. The Hall–Kier alpha value is -1.80. The molecule has 2 nitrogen and oxygen atoms in total. The van der Waals surface area contributed by atoms with Crippen molar-refractivity contribution in [2.75, 3.05) is 6.61 Å². The van der Waals surface area contributed by atoms with Gasteiger partial charge in [0.1, 0.15) is 5.75 Å². The maximum absolute atomic E-state index is 5.60. The third-order valence-corrected chi connectivity index (χ3v) is 3.06. The Labute approximate surface area is 115 Å². The molecule has 0 aliphatic rings. The van der Waals surface area contributed by atoms with E-state index in [1.54, 1.807) is 0 Å². The SMILES string of the molecule is CCCOc1ccc(Cc2ccc(CN)cc2)cc1. The molecule has 2 heteroatoms.